The van der Waals surface area contributed by atoms with Gasteiger partial charge < -0.3 is 10.6 Å². The van der Waals surface area contributed by atoms with Gasteiger partial charge in [-0.05, 0) is 24.6 Å². The summed E-state index contributed by atoms with van der Waals surface area (Å²) in [5, 5.41) is 9.98. The van der Waals surface area contributed by atoms with Crippen molar-refractivity contribution in [3.8, 4) is 0 Å². The SMILES string of the molecule is Cc1cccc2sc(NC(=O)CCNC(=O)c3ccnn3C)nc12. The lowest BCUT2D eigenvalue weighted by Crippen LogP contribution is -2.29. The normalized spacial score (nSPS) is 10.8. The lowest BCUT2D eigenvalue weighted by Gasteiger charge is -2.05. The van der Waals surface area contributed by atoms with Crippen LogP contribution in [0.2, 0.25) is 0 Å². The Hall–Kier alpha value is -2.74. The Morgan fingerprint density at radius 2 is 2.12 bits per heavy atom. The van der Waals surface area contributed by atoms with E-state index in [1.165, 1.54) is 16.0 Å². The maximum absolute atomic E-state index is 12.0. The van der Waals surface area contributed by atoms with Gasteiger partial charge in [-0.15, -0.1) is 0 Å². The molecule has 3 aromatic rings. The van der Waals surface area contributed by atoms with Crippen LogP contribution >= 0.6 is 11.3 Å². The number of fused-ring (bicyclic) bond motifs is 1. The van der Waals surface area contributed by atoms with Crippen molar-refractivity contribution in [3.05, 3.63) is 41.7 Å². The van der Waals surface area contributed by atoms with Gasteiger partial charge >= 0.3 is 0 Å². The molecular formula is C16H17N5O2S. The number of carbonyl (C=O) groups is 2. The molecule has 2 aromatic heterocycles. The number of carbonyl (C=O) groups excluding carboxylic acids is 2. The highest BCUT2D eigenvalue weighted by molar-refractivity contribution is 7.22. The minimum atomic E-state index is -0.251. The third kappa shape index (κ3) is 3.43. The van der Waals surface area contributed by atoms with E-state index in [0.29, 0.717) is 10.8 Å². The molecule has 8 heteroatoms. The topological polar surface area (TPSA) is 88.9 Å². The molecule has 0 fully saturated rings. The van der Waals surface area contributed by atoms with Crippen LogP contribution in [0.5, 0.6) is 0 Å². The van der Waals surface area contributed by atoms with Gasteiger partial charge in [0.2, 0.25) is 5.91 Å². The highest BCUT2D eigenvalue weighted by Crippen LogP contribution is 2.27. The molecular weight excluding hydrogens is 326 g/mol. The fraction of sp³-hybridized carbons (Fsp3) is 0.250. The lowest BCUT2D eigenvalue weighted by molar-refractivity contribution is -0.116. The third-order valence-corrected chi connectivity index (χ3v) is 4.49. The van der Waals surface area contributed by atoms with Crippen molar-refractivity contribution in [3.63, 3.8) is 0 Å². The van der Waals surface area contributed by atoms with Crippen molar-refractivity contribution >= 4 is 38.5 Å². The van der Waals surface area contributed by atoms with Gasteiger partial charge in [0.25, 0.3) is 5.91 Å². The number of hydrogen-bond acceptors (Lipinski definition) is 5. The van der Waals surface area contributed by atoms with Crippen LogP contribution in [-0.2, 0) is 11.8 Å². The zero-order chi connectivity index (χ0) is 17.1. The molecule has 1 aromatic carbocycles. The lowest BCUT2D eigenvalue weighted by atomic mass is 10.2. The molecule has 0 saturated heterocycles. The Labute approximate surface area is 142 Å². The average Bonchev–Trinajstić information content (AvgIpc) is 3.13. The average molecular weight is 343 g/mol. The van der Waals surface area contributed by atoms with Crippen LogP contribution in [0.1, 0.15) is 22.5 Å². The number of aryl methyl sites for hydroxylation is 2. The summed E-state index contributed by atoms with van der Waals surface area (Å²) in [6, 6.07) is 7.56. The molecule has 2 amide bonds. The van der Waals surface area contributed by atoms with Crippen molar-refractivity contribution < 1.29 is 9.59 Å². The quantitative estimate of drug-likeness (QED) is 0.742. The smallest absolute Gasteiger partial charge is 0.269 e. The van der Waals surface area contributed by atoms with E-state index in [1.54, 1.807) is 19.3 Å². The third-order valence-electron chi connectivity index (χ3n) is 3.56. The molecule has 0 unspecified atom stereocenters. The second-order valence-corrected chi connectivity index (χ2v) is 6.37. The fourth-order valence-electron chi connectivity index (χ4n) is 2.30. The van der Waals surface area contributed by atoms with E-state index in [9.17, 15) is 9.59 Å². The molecule has 2 N–H and O–H groups in total. The summed E-state index contributed by atoms with van der Waals surface area (Å²) in [5.74, 6) is -0.435. The van der Waals surface area contributed by atoms with Crippen molar-refractivity contribution in [2.24, 2.45) is 7.05 Å². The van der Waals surface area contributed by atoms with Crippen LogP contribution in [-0.4, -0.2) is 33.1 Å². The number of amides is 2. The van der Waals surface area contributed by atoms with Crippen molar-refractivity contribution in [1.82, 2.24) is 20.1 Å². The Balaban J connectivity index is 1.53. The number of nitrogens with zero attached hydrogens (tertiary/aromatic N) is 3. The first kappa shape index (κ1) is 16.1. The minimum absolute atomic E-state index is 0.179. The molecule has 0 radical (unpaired) electrons. The molecule has 0 spiro atoms. The minimum Gasteiger partial charge on any atom is -0.350 e. The molecule has 24 heavy (non-hydrogen) atoms. The first-order valence-electron chi connectivity index (χ1n) is 7.47. The van der Waals surface area contributed by atoms with E-state index < -0.39 is 0 Å². The van der Waals surface area contributed by atoms with E-state index in [0.717, 1.165) is 15.8 Å². The number of para-hydroxylation sites is 1. The van der Waals surface area contributed by atoms with Crippen LogP contribution in [0.4, 0.5) is 5.13 Å². The molecule has 0 aliphatic carbocycles. The number of thiazole rings is 1. The van der Waals surface area contributed by atoms with Gasteiger partial charge in [0, 0.05) is 26.2 Å². The molecule has 0 bridgehead atoms. The fourth-order valence-corrected chi connectivity index (χ4v) is 3.26. The number of aromatic nitrogens is 3. The Kier molecular flexibility index (Phi) is 4.57. The van der Waals surface area contributed by atoms with Crippen molar-refractivity contribution in [2.75, 3.05) is 11.9 Å². The predicted octanol–water partition coefficient (Wildman–Crippen LogP) is 2.10. The summed E-state index contributed by atoms with van der Waals surface area (Å²) >= 11 is 1.44. The summed E-state index contributed by atoms with van der Waals surface area (Å²) < 4.78 is 2.52. The second kappa shape index (κ2) is 6.79. The molecule has 0 aliphatic heterocycles. The highest BCUT2D eigenvalue weighted by Gasteiger charge is 2.11. The molecule has 124 valence electrons. The van der Waals surface area contributed by atoms with Crippen LogP contribution in [0, 0.1) is 6.92 Å². The van der Waals surface area contributed by atoms with E-state index in [-0.39, 0.29) is 24.8 Å². The number of hydrogen-bond donors (Lipinski definition) is 2. The molecule has 0 atom stereocenters. The van der Waals surface area contributed by atoms with E-state index in [1.807, 2.05) is 25.1 Å². The van der Waals surface area contributed by atoms with E-state index >= 15 is 0 Å². The maximum Gasteiger partial charge on any atom is 0.269 e. The first-order valence-corrected chi connectivity index (χ1v) is 8.28. The summed E-state index contributed by atoms with van der Waals surface area (Å²) in [7, 11) is 1.69. The van der Waals surface area contributed by atoms with Crippen LogP contribution < -0.4 is 10.6 Å². The maximum atomic E-state index is 12.0. The zero-order valence-corrected chi connectivity index (χ0v) is 14.2. The van der Waals surface area contributed by atoms with Gasteiger partial charge in [0.1, 0.15) is 5.69 Å². The monoisotopic (exact) mass is 343 g/mol. The van der Waals surface area contributed by atoms with Crippen LogP contribution in [0.3, 0.4) is 0 Å². The summed E-state index contributed by atoms with van der Waals surface area (Å²) in [4.78, 5) is 28.3. The zero-order valence-electron chi connectivity index (χ0n) is 13.4. The standard InChI is InChI=1S/C16H17N5O2S/c1-10-4-3-5-12-14(10)20-16(24-12)19-13(22)7-8-17-15(23)11-6-9-18-21(11)2/h3-6,9H,7-8H2,1-2H3,(H,17,23)(H,19,20,22). The molecule has 7 nitrogen and oxygen atoms in total. The highest BCUT2D eigenvalue weighted by atomic mass is 32.1. The Morgan fingerprint density at radius 3 is 2.83 bits per heavy atom. The summed E-state index contributed by atoms with van der Waals surface area (Å²) in [5.41, 5.74) is 2.44. The predicted molar refractivity (Wildman–Crippen MR) is 93.1 cm³/mol. The van der Waals surface area contributed by atoms with Gasteiger partial charge in [-0.2, -0.15) is 5.10 Å². The van der Waals surface area contributed by atoms with Crippen LogP contribution in [0.15, 0.2) is 30.5 Å². The second-order valence-electron chi connectivity index (χ2n) is 5.33. The van der Waals surface area contributed by atoms with Crippen molar-refractivity contribution in [1.29, 1.82) is 0 Å². The first-order chi connectivity index (χ1) is 11.5. The van der Waals surface area contributed by atoms with Crippen molar-refractivity contribution in [2.45, 2.75) is 13.3 Å². The Morgan fingerprint density at radius 1 is 1.29 bits per heavy atom. The molecule has 3 rings (SSSR count). The molecule has 0 aliphatic rings. The summed E-state index contributed by atoms with van der Waals surface area (Å²) in [6.07, 6.45) is 1.73. The number of nitrogens with one attached hydrogen (secondary N) is 2. The van der Waals surface area contributed by atoms with Gasteiger partial charge in [0.15, 0.2) is 5.13 Å². The Bertz CT molecular complexity index is 899. The van der Waals surface area contributed by atoms with E-state index in [4.69, 9.17) is 0 Å². The number of anilines is 1. The molecule has 0 saturated carbocycles. The number of benzene rings is 1. The summed E-state index contributed by atoms with van der Waals surface area (Å²) in [6.45, 7) is 2.24. The van der Waals surface area contributed by atoms with Crippen LogP contribution in [0.25, 0.3) is 10.2 Å². The van der Waals surface area contributed by atoms with E-state index in [2.05, 4.69) is 20.7 Å². The van der Waals surface area contributed by atoms with Gasteiger partial charge in [-0.3, -0.25) is 14.3 Å². The number of rotatable bonds is 5. The molecule has 2 heterocycles. The van der Waals surface area contributed by atoms with Gasteiger partial charge in [0.05, 0.1) is 10.2 Å². The van der Waals surface area contributed by atoms with Gasteiger partial charge in [-0.25, -0.2) is 4.98 Å². The van der Waals surface area contributed by atoms with Gasteiger partial charge in [-0.1, -0.05) is 23.5 Å². The largest absolute Gasteiger partial charge is 0.350 e.